The molecule has 7 nitrogen and oxygen atoms in total. The van der Waals surface area contributed by atoms with Gasteiger partial charge in [-0.1, -0.05) is 12.1 Å². The molecule has 2 aromatic rings. The highest BCUT2D eigenvalue weighted by atomic mass is 16.5. The number of aromatic nitrogens is 1. The molecule has 0 unspecified atom stereocenters. The lowest BCUT2D eigenvalue weighted by atomic mass is 10.2. The summed E-state index contributed by atoms with van der Waals surface area (Å²) in [5.74, 6) is 2.52. The van der Waals surface area contributed by atoms with Crippen LogP contribution in [0.2, 0.25) is 0 Å². The highest BCUT2D eigenvalue weighted by Gasteiger charge is 2.20. The third-order valence-corrected chi connectivity index (χ3v) is 4.66. The summed E-state index contributed by atoms with van der Waals surface area (Å²) in [4.78, 5) is 8.93. The minimum atomic E-state index is -0.502. The smallest absolute Gasteiger partial charge is 0.128 e. The average molecular weight is 387 g/mol. The summed E-state index contributed by atoms with van der Waals surface area (Å²) in [6.45, 7) is 5.44. The van der Waals surface area contributed by atoms with Crippen LogP contribution in [0.15, 0.2) is 48.7 Å². The number of rotatable bonds is 10. The van der Waals surface area contributed by atoms with Crippen molar-refractivity contribution in [2.24, 2.45) is 0 Å². The zero-order valence-electron chi connectivity index (χ0n) is 16.4. The van der Waals surface area contributed by atoms with E-state index in [-0.39, 0.29) is 0 Å². The SMILES string of the molecule is COc1cccc(OCCOC[C@H](O)CN2CCN(c3ccccn3)CC2)c1. The average Bonchev–Trinajstić information content (AvgIpc) is 2.75. The number of aliphatic hydroxyl groups excluding tert-OH is 1. The van der Waals surface area contributed by atoms with Crippen molar-refractivity contribution in [2.75, 3.05) is 64.6 Å². The first kappa shape index (κ1) is 20.4. The van der Waals surface area contributed by atoms with E-state index in [2.05, 4.69) is 14.8 Å². The molecule has 152 valence electrons. The molecule has 0 saturated carbocycles. The van der Waals surface area contributed by atoms with Gasteiger partial charge in [0.1, 0.15) is 23.9 Å². The van der Waals surface area contributed by atoms with Gasteiger partial charge in [-0.2, -0.15) is 0 Å². The topological polar surface area (TPSA) is 67.3 Å². The van der Waals surface area contributed by atoms with Gasteiger partial charge in [-0.3, -0.25) is 4.90 Å². The van der Waals surface area contributed by atoms with Crippen LogP contribution in [0, 0.1) is 0 Å². The minimum Gasteiger partial charge on any atom is -0.497 e. The first-order valence-corrected chi connectivity index (χ1v) is 9.65. The minimum absolute atomic E-state index is 0.307. The maximum absolute atomic E-state index is 10.2. The molecule has 1 aliphatic heterocycles. The Balaban J connectivity index is 1.27. The number of anilines is 1. The highest BCUT2D eigenvalue weighted by molar-refractivity contribution is 5.38. The molecule has 1 atom stereocenters. The van der Waals surface area contributed by atoms with E-state index in [1.165, 1.54) is 0 Å². The third kappa shape index (κ3) is 6.37. The molecule has 2 heterocycles. The van der Waals surface area contributed by atoms with Crippen LogP contribution in [0.25, 0.3) is 0 Å². The van der Waals surface area contributed by atoms with Crippen LogP contribution in [-0.4, -0.2) is 80.7 Å². The van der Waals surface area contributed by atoms with Crippen LogP contribution < -0.4 is 14.4 Å². The van der Waals surface area contributed by atoms with Crippen molar-refractivity contribution in [3.63, 3.8) is 0 Å². The Hall–Kier alpha value is -2.35. The van der Waals surface area contributed by atoms with E-state index >= 15 is 0 Å². The quantitative estimate of drug-likeness (QED) is 0.622. The molecule has 28 heavy (non-hydrogen) atoms. The Bertz CT molecular complexity index is 693. The summed E-state index contributed by atoms with van der Waals surface area (Å²) >= 11 is 0. The van der Waals surface area contributed by atoms with Crippen LogP contribution >= 0.6 is 0 Å². The summed E-state index contributed by atoms with van der Waals surface area (Å²) in [6, 6.07) is 13.4. The van der Waals surface area contributed by atoms with Gasteiger partial charge >= 0.3 is 0 Å². The summed E-state index contributed by atoms with van der Waals surface area (Å²) in [5.41, 5.74) is 0. The molecule has 7 heteroatoms. The number of pyridine rings is 1. The molecule has 1 aromatic carbocycles. The molecule has 1 saturated heterocycles. The Labute approximate surface area is 166 Å². The summed E-state index contributed by atoms with van der Waals surface area (Å²) < 4.78 is 16.3. The molecular formula is C21H29N3O4. The number of ether oxygens (including phenoxy) is 3. The van der Waals surface area contributed by atoms with Crippen molar-refractivity contribution in [1.29, 1.82) is 0 Å². The van der Waals surface area contributed by atoms with Crippen LogP contribution in [0.3, 0.4) is 0 Å². The van der Waals surface area contributed by atoms with Crippen molar-refractivity contribution >= 4 is 5.82 Å². The molecular weight excluding hydrogens is 358 g/mol. The number of benzene rings is 1. The van der Waals surface area contributed by atoms with Gasteiger partial charge in [-0.25, -0.2) is 4.98 Å². The van der Waals surface area contributed by atoms with Gasteiger partial charge in [0.15, 0.2) is 0 Å². The Morgan fingerprint density at radius 2 is 1.86 bits per heavy atom. The maximum atomic E-state index is 10.2. The van der Waals surface area contributed by atoms with E-state index in [0.717, 1.165) is 43.5 Å². The van der Waals surface area contributed by atoms with Gasteiger partial charge in [-0.15, -0.1) is 0 Å². The zero-order chi connectivity index (χ0) is 19.6. The number of methoxy groups -OCH3 is 1. The van der Waals surface area contributed by atoms with Crippen molar-refractivity contribution in [1.82, 2.24) is 9.88 Å². The summed E-state index contributed by atoms with van der Waals surface area (Å²) in [6.07, 6.45) is 1.32. The van der Waals surface area contributed by atoms with E-state index in [0.29, 0.717) is 26.4 Å². The molecule has 1 fully saturated rings. The van der Waals surface area contributed by atoms with Gasteiger partial charge in [-0.05, 0) is 24.3 Å². The number of piperazine rings is 1. The van der Waals surface area contributed by atoms with Gasteiger partial charge in [0.05, 0.1) is 26.4 Å². The van der Waals surface area contributed by atoms with E-state index in [9.17, 15) is 5.11 Å². The van der Waals surface area contributed by atoms with E-state index in [4.69, 9.17) is 14.2 Å². The highest BCUT2D eigenvalue weighted by Crippen LogP contribution is 2.18. The van der Waals surface area contributed by atoms with Gasteiger partial charge in [0.25, 0.3) is 0 Å². The lowest BCUT2D eigenvalue weighted by molar-refractivity contribution is 0.00715. The summed E-state index contributed by atoms with van der Waals surface area (Å²) in [5, 5.41) is 10.2. The second kappa shape index (κ2) is 10.8. The number of aliphatic hydroxyl groups is 1. The fourth-order valence-corrected chi connectivity index (χ4v) is 3.18. The zero-order valence-corrected chi connectivity index (χ0v) is 16.4. The van der Waals surface area contributed by atoms with E-state index in [1.807, 2.05) is 48.7 Å². The normalized spacial score (nSPS) is 16.0. The number of hydrogen-bond acceptors (Lipinski definition) is 7. The molecule has 1 aliphatic rings. The Morgan fingerprint density at radius 3 is 2.61 bits per heavy atom. The van der Waals surface area contributed by atoms with Crippen molar-refractivity contribution < 1.29 is 19.3 Å². The van der Waals surface area contributed by atoms with Crippen LogP contribution in [-0.2, 0) is 4.74 Å². The molecule has 0 spiro atoms. The lowest BCUT2D eigenvalue weighted by Crippen LogP contribution is -2.49. The van der Waals surface area contributed by atoms with Crippen molar-refractivity contribution in [3.05, 3.63) is 48.7 Å². The van der Waals surface area contributed by atoms with Crippen molar-refractivity contribution in [2.45, 2.75) is 6.10 Å². The van der Waals surface area contributed by atoms with Crippen LogP contribution in [0.1, 0.15) is 0 Å². The predicted molar refractivity (Wildman–Crippen MR) is 108 cm³/mol. The van der Waals surface area contributed by atoms with Crippen LogP contribution in [0.4, 0.5) is 5.82 Å². The van der Waals surface area contributed by atoms with Crippen molar-refractivity contribution in [3.8, 4) is 11.5 Å². The van der Waals surface area contributed by atoms with Gasteiger partial charge < -0.3 is 24.2 Å². The molecule has 0 amide bonds. The third-order valence-electron chi connectivity index (χ3n) is 4.66. The molecule has 0 radical (unpaired) electrons. The number of nitrogens with zero attached hydrogens (tertiary/aromatic N) is 3. The standard InChI is InChI=1S/C21H29N3O4/c1-26-19-5-4-6-20(15-19)28-14-13-27-17-18(25)16-23-9-11-24(12-10-23)21-7-2-3-8-22-21/h2-8,15,18,25H,9-14,16-17H2,1H3/t18-/m1/s1. The molecule has 0 aliphatic carbocycles. The maximum Gasteiger partial charge on any atom is 0.128 e. The van der Waals surface area contributed by atoms with Crippen LogP contribution in [0.5, 0.6) is 11.5 Å². The van der Waals surface area contributed by atoms with E-state index in [1.54, 1.807) is 7.11 Å². The molecule has 1 aromatic heterocycles. The fraction of sp³-hybridized carbons (Fsp3) is 0.476. The van der Waals surface area contributed by atoms with Gasteiger partial charge in [0.2, 0.25) is 0 Å². The second-order valence-electron chi connectivity index (χ2n) is 6.73. The second-order valence-corrected chi connectivity index (χ2v) is 6.73. The Morgan fingerprint density at radius 1 is 1.04 bits per heavy atom. The molecule has 1 N–H and O–H groups in total. The monoisotopic (exact) mass is 387 g/mol. The first-order chi connectivity index (χ1) is 13.7. The van der Waals surface area contributed by atoms with Gasteiger partial charge in [0, 0.05) is 45.0 Å². The van der Waals surface area contributed by atoms with E-state index < -0.39 is 6.10 Å². The first-order valence-electron chi connectivity index (χ1n) is 9.65. The number of hydrogen-bond donors (Lipinski definition) is 1. The Kier molecular flexibility index (Phi) is 7.90. The summed E-state index contributed by atoms with van der Waals surface area (Å²) in [7, 11) is 1.63. The largest absolute Gasteiger partial charge is 0.497 e. The fourth-order valence-electron chi connectivity index (χ4n) is 3.18. The molecule has 0 bridgehead atoms. The number of β-amino-alcohol motifs (C(OH)–C–C–N with tert-alkyl or cyclic N) is 1. The lowest BCUT2D eigenvalue weighted by Gasteiger charge is -2.36. The molecule has 3 rings (SSSR count). The predicted octanol–water partition coefficient (Wildman–Crippen LogP) is 1.67.